The predicted octanol–water partition coefficient (Wildman–Crippen LogP) is 3.96. The van der Waals surface area contributed by atoms with Gasteiger partial charge in [-0.1, -0.05) is 46.0 Å². The Labute approximate surface area is 82.9 Å². The highest BCUT2D eigenvalue weighted by atomic mass is 16.1. The molecule has 0 aromatic heterocycles. The van der Waals surface area contributed by atoms with Crippen LogP contribution < -0.4 is 0 Å². The molecular formula is C12H24O. The number of carbonyl (C=O) groups excluding carboxylic acids is 1. The first-order valence-electron chi connectivity index (χ1n) is 5.72. The van der Waals surface area contributed by atoms with Crippen LogP contribution in [0.2, 0.25) is 0 Å². The fourth-order valence-electron chi connectivity index (χ4n) is 1.64. The van der Waals surface area contributed by atoms with E-state index in [1.165, 1.54) is 32.1 Å². The van der Waals surface area contributed by atoms with E-state index < -0.39 is 0 Å². The first kappa shape index (κ1) is 12.7. The van der Waals surface area contributed by atoms with Crippen molar-refractivity contribution in [3.8, 4) is 0 Å². The molecule has 0 saturated heterocycles. The van der Waals surface area contributed by atoms with Crippen molar-refractivity contribution < 1.29 is 4.79 Å². The Morgan fingerprint density at radius 1 is 1.00 bits per heavy atom. The summed E-state index contributed by atoms with van der Waals surface area (Å²) in [6, 6.07) is 0. The van der Waals surface area contributed by atoms with Crippen LogP contribution in [0.4, 0.5) is 0 Å². The molecule has 1 atom stereocenters. The molecule has 0 aliphatic heterocycles. The highest BCUT2D eigenvalue weighted by molar-refractivity contribution is 5.78. The third kappa shape index (κ3) is 6.80. The maximum Gasteiger partial charge on any atom is 0.132 e. The van der Waals surface area contributed by atoms with Gasteiger partial charge < -0.3 is 0 Å². The predicted molar refractivity (Wildman–Crippen MR) is 57.8 cm³/mol. The van der Waals surface area contributed by atoms with Gasteiger partial charge in [0.2, 0.25) is 0 Å². The lowest BCUT2D eigenvalue weighted by Crippen LogP contribution is -2.10. The third-order valence-corrected chi connectivity index (χ3v) is 2.64. The minimum atomic E-state index is 0.353. The average Bonchev–Trinajstić information content (AvgIpc) is 2.10. The quantitative estimate of drug-likeness (QED) is 0.522. The topological polar surface area (TPSA) is 17.1 Å². The third-order valence-electron chi connectivity index (χ3n) is 2.64. The number of unbranched alkanes of at least 4 members (excludes halogenated alkanes) is 3. The second kappa shape index (κ2) is 8.28. The Kier molecular flexibility index (Phi) is 8.07. The summed E-state index contributed by atoms with van der Waals surface area (Å²) < 4.78 is 0. The number of rotatable bonds is 8. The van der Waals surface area contributed by atoms with Crippen LogP contribution in [0, 0.1) is 5.92 Å². The molecule has 1 nitrogen and oxygen atoms in total. The molecule has 0 fully saturated rings. The summed E-state index contributed by atoms with van der Waals surface area (Å²) in [6.45, 7) is 6.13. The van der Waals surface area contributed by atoms with Crippen LogP contribution in [0.15, 0.2) is 0 Å². The molecule has 1 unspecified atom stereocenters. The van der Waals surface area contributed by atoms with Crippen molar-refractivity contribution in [1.29, 1.82) is 0 Å². The molecule has 78 valence electrons. The van der Waals surface area contributed by atoms with Crippen LogP contribution in [-0.2, 0) is 4.79 Å². The smallest absolute Gasteiger partial charge is 0.132 e. The normalized spacial score (nSPS) is 12.8. The lowest BCUT2D eigenvalue weighted by molar-refractivity contribution is -0.121. The zero-order valence-electron chi connectivity index (χ0n) is 9.44. The van der Waals surface area contributed by atoms with Crippen molar-refractivity contribution >= 4 is 5.78 Å². The van der Waals surface area contributed by atoms with Crippen LogP contribution in [0.5, 0.6) is 0 Å². The number of ketones is 1. The van der Waals surface area contributed by atoms with Crippen molar-refractivity contribution in [2.75, 3.05) is 0 Å². The molecular weight excluding hydrogens is 160 g/mol. The Balaban J connectivity index is 3.61. The largest absolute Gasteiger partial charge is 0.300 e. The monoisotopic (exact) mass is 184 g/mol. The van der Waals surface area contributed by atoms with Gasteiger partial charge in [-0.15, -0.1) is 0 Å². The molecule has 0 heterocycles. The maximum atomic E-state index is 11.2. The molecule has 13 heavy (non-hydrogen) atoms. The van der Waals surface area contributed by atoms with E-state index in [0.717, 1.165) is 12.8 Å². The van der Waals surface area contributed by atoms with Crippen molar-refractivity contribution in [3.05, 3.63) is 0 Å². The van der Waals surface area contributed by atoms with Crippen molar-refractivity contribution in [3.63, 3.8) is 0 Å². The van der Waals surface area contributed by atoms with E-state index >= 15 is 0 Å². The zero-order valence-corrected chi connectivity index (χ0v) is 9.44. The highest BCUT2D eigenvalue weighted by Crippen LogP contribution is 2.17. The molecule has 0 aliphatic carbocycles. The van der Waals surface area contributed by atoms with E-state index in [2.05, 4.69) is 13.8 Å². The molecule has 0 saturated carbocycles. The van der Waals surface area contributed by atoms with Crippen LogP contribution >= 0.6 is 0 Å². The first-order chi connectivity index (χ1) is 6.22. The Bertz CT molecular complexity index is 129. The Morgan fingerprint density at radius 2 is 1.54 bits per heavy atom. The Morgan fingerprint density at radius 3 is 2.00 bits per heavy atom. The fourth-order valence-corrected chi connectivity index (χ4v) is 1.64. The number of Topliss-reactive ketones (excluding diaryl/α,β-unsaturated/α-hetero) is 1. The summed E-state index contributed by atoms with van der Waals surface area (Å²) in [5.41, 5.74) is 0. The molecule has 0 aromatic carbocycles. The van der Waals surface area contributed by atoms with E-state index in [4.69, 9.17) is 0 Å². The van der Waals surface area contributed by atoms with Crippen LogP contribution in [-0.4, -0.2) is 5.78 Å². The van der Waals surface area contributed by atoms with Gasteiger partial charge in [0.25, 0.3) is 0 Å². The van der Waals surface area contributed by atoms with Gasteiger partial charge in [0.1, 0.15) is 5.78 Å². The number of carbonyl (C=O) groups is 1. The van der Waals surface area contributed by atoms with Crippen molar-refractivity contribution in [2.24, 2.45) is 5.92 Å². The molecule has 0 bridgehead atoms. The van der Waals surface area contributed by atoms with Crippen LogP contribution in [0.25, 0.3) is 0 Å². The van der Waals surface area contributed by atoms with Gasteiger partial charge >= 0.3 is 0 Å². The summed E-state index contributed by atoms with van der Waals surface area (Å²) in [4.78, 5) is 11.2. The molecule has 0 aliphatic rings. The number of hydrogen-bond donors (Lipinski definition) is 0. The lowest BCUT2D eigenvalue weighted by Gasteiger charge is -2.12. The summed E-state index contributed by atoms with van der Waals surface area (Å²) >= 11 is 0. The molecule has 0 radical (unpaired) electrons. The average molecular weight is 184 g/mol. The van der Waals surface area contributed by atoms with E-state index in [9.17, 15) is 4.79 Å². The minimum Gasteiger partial charge on any atom is -0.300 e. The summed E-state index contributed by atoms with van der Waals surface area (Å²) in [6.07, 6.45) is 8.38. The second-order valence-corrected chi connectivity index (χ2v) is 3.95. The molecule has 0 rings (SSSR count). The van der Waals surface area contributed by atoms with Crippen molar-refractivity contribution in [2.45, 2.75) is 65.7 Å². The van der Waals surface area contributed by atoms with Gasteiger partial charge in [-0.3, -0.25) is 4.79 Å². The van der Waals surface area contributed by atoms with Gasteiger partial charge in [-0.2, -0.15) is 0 Å². The Hall–Kier alpha value is -0.330. The van der Waals surface area contributed by atoms with E-state index in [0.29, 0.717) is 11.7 Å². The lowest BCUT2D eigenvalue weighted by atomic mass is 9.92. The van der Waals surface area contributed by atoms with Crippen molar-refractivity contribution in [1.82, 2.24) is 0 Å². The summed E-state index contributed by atoms with van der Waals surface area (Å²) in [5, 5.41) is 0. The van der Waals surface area contributed by atoms with E-state index in [1.54, 1.807) is 6.92 Å². The van der Waals surface area contributed by atoms with Gasteiger partial charge in [-0.05, 0) is 19.8 Å². The summed E-state index contributed by atoms with van der Waals surface area (Å²) in [7, 11) is 0. The van der Waals surface area contributed by atoms with Gasteiger partial charge in [0, 0.05) is 5.92 Å². The first-order valence-corrected chi connectivity index (χ1v) is 5.72. The minimum absolute atomic E-state index is 0.353. The second-order valence-electron chi connectivity index (χ2n) is 3.95. The van der Waals surface area contributed by atoms with Crippen LogP contribution in [0.3, 0.4) is 0 Å². The molecule has 1 heteroatoms. The highest BCUT2D eigenvalue weighted by Gasteiger charge is 2.12. The maximum absolute atomic E-state index is 11.2. The fraction of sp³-hybridized carbons (Fsp3) is 0.917. The van der Waals surface area contributed by atoms with Gasteiger partial charge in [0.05, 0.1) is 0 Å². The molecule has 0 aromatic rings. The van der Waals surface area contributed by atoms with Crippen LogP contribution in [0.1, 0.15) is 65.7 Å². The summed E-state index contributed by atoms with van der Waals surface area (Å²) in [5.74, 6) is 0.746. The molecule has 0 spiro atoms. The number of hydrogen-bond acceptors (Lipinski definition) is 1. The van der Waals surface area contributed by atoms with Gasteiger partial charge in [0.15, 0.2) is 0 Å². The SMILES string of the molecule is CCCCCC(CCCC)C(C)=O. The molecule has 0 N–H and O–H groups in total. The van der Waals surface area contributed by atoms with Gasteiger partial charge in [-0.25, -0.2) is 0 Å². The van der Waals surface area contributed by atoms with E-state index in [1.807, 2.05) is 0 Å². The zero-order chi connectivity index (χ0) is 10.1. The molecule has 0 amide bonds. The van der Waals surface area contributed by atoms with E-state index in [-0.39, 0.29) is 0 Å². The standard InChI is InChI=1S/C12H24O/c1-4-6-8-10-12(11(3)13)9-7-5-2/h12H,4-10H2,1-3H3.